The highest BCUT2D eigenvalue weighted by molar-refractivity contribution is 5.85. The number of nitrogens with one attached hydrogen (secondary N) is 1. The second-order valence-electron chi connectivity index (χ2n) is 4.23. The Hall–Kier alpha value is -0.320. The van der Waals surface area contributed by atoms with Crippen LogP contribution >= 0.6 is 12.4 Å². The van der Waals surface area contributed by atoms with Crippen molar-refractivity contribution in [2.24, 2.45) is 11.7 Å². The summed E-state index contributed by atoms with van der Waals surface area (Å²) < 4.78 is 4.91. The van der Waals surface area contributed by atoms with Gasteiger partial charge in [0.05, 0.1) is 6.04 Å². The van der Waals surface area contributed by atoms with E-state index >= 15 is 0 Å². The Kier molecular flexibility index (Phi) is 12.6. The van der Waals surface area contributed by atoms with Crippen LogP contribution in [-0.2, 0) is 9.53 Å². The first-order valence-corrected chi connectivity index (χ1v) is 5.60. The van der Waals surface area contributed by atoms with Crippen LogP contribution in [0.5, 0.6) is 0 Å². The largest absolute Gasteiger partial charge is 0.385 e. The summed E-state index contributed by atoms with van der Waals surface area (Å²) in [6.45, 7) is 5.55. The van der Waals surface area contributed by atoms with Gasteiger partial charge in [0.15, 0.2) is 0 Å². The molecule has 1 atom stereocenters. The van der Waals surface area contributed by atoms with Crippen LogP contribution < -0.4 is 11.1 Å². The second-order valence-corrected chi connectivity index (χ2v) is 4.23. The number of hydrogen-bond donors (Lipinski definition) is 2. The van der Waals surface area contributed by atoms with Crippen molar-refractivity contribution in [2.75, 3.05) is 20.3 Å². The molecule has 0 fully saturated rings. The molecule has 0 saturated heterocycles. The lowest BCUT2D eigenvalue weighted by molar-refractivity contribution is -0.122. The van der Waals surface area contributed by atoms with E-state index in [1.807, 2.05) is 0 Å². The summed E-state index contributed by atoms with van der Waals surface area (Å²) in [6.07, 6.45) is 2.65. The Morgan fingerprint density at radius 1 is 1.38 bits per heavy atom. The van der Waals surface area contributed by atoms with E-state index in [2.05, 4.69) is 19.2 Å². The number of ether oxygens (including phenoxy) is 1. The van der Waals surface area contributed by atoms with Crippen LogP contribution in [0, 0.1) is 5.92 Å². The lowest BCUT2D eigenvalue weighted by atomic mass is 10.0. The summed E-state index contributed by atoms with van der Waals surface area (Å²) in [5.41, 5.74) is 5.72. The van der Waals surface area contributed by atoms with Gasteiger partial charge >= 0.3 is 0 Å². The van der Waals surface area contributed by atoms with E-state index in [9.17, 15) is 4.79 Å². The summed E-state index contributed by atoms with van der Waals surface area (Å²) in [7, 11) is 1.68. The van der Waals surface area contributed by atoms with Crippen molar-refractivity contribution >= 4 is 18.3 Å². The molecule has 0 rings (SSSR count). The standard InChI is InChI=1S/C11H24N2O2.ClH/c1-9(2)8-10(12)11(14)13-6-4-5-7-15-3;/h9-10H,4-8,12H2,1-3H3,(H,13,14);1H/t10-;/m0./s1. The maximum Gasteiger partial charge on any atom is 0.236 e. The molecule has 0 aromatic heterocycles. The van der Waals surface area contributed by atoms with Gasteiger partial charge in [-0.2, -0.15) is 0 Å². The Bertz CT molecular complexity index is 177. The Balaban J connectivity index is 0. The molecule has 1 amide bonds. The fourth-order valence-electron chi connectivity index (χ4n) is 1.33. The van der Waals surface area contributed by atoms with Gasteiger partial charge in [0.1, 0.15) is 0 Å². The van der Waals surface area contributed by atoms with Crippen LogP contribution in [0.3, 0.4) is 0 Å². The third kappa shape index (κ3) is 10.2. The molecule has 0 heterocycles. The summed E-state index contributed by atoms with van der Waals surface area (Å²) in [4.78, 5) is 11.4. The number of methoxy groups -OCH3 is 1. The average Bonchev–Trinajstić information content (AvgIpc) is 2.16. The number of nitrogens with two attached hydrogens (primary N) is 1. The van der Waals surface area contributed by atoms with Gasteiger partial charge in [-0.05, 0) is 25.2 Å². The number of amides is 1. The van der Waals surface area contributed by atoms with Gasteiger partial charge in [-0.1, -0.05) is 13.8 Å². The molecule has 0 aliphatic heterocycles. The molecule has 16 heavy (non-hydrogen) atoms. The van der Waals surface area contributed by atoms with E-state index < -0.39 is 0 Å². The smallest absolute Gasteiger partial charge is 0.236 e. The minimum Gasteiger partial charge on any atom is -0.385 e. The van der Waals surface area contributed by atoms with Crippen molar-refractivity contribution in [1.82, 2.24) is 5.32 Å². The van der Waals surface area contributed by atoms with Crippen molar-refractivity contribution in [3.05, 3.63) is 0 Å². The minimum atomic E-state index is -0.368. The van der Waals surface area contributed by atoms with Crippen LogP contribution in [0.1, 0.15) is 33.1 Å². The summed E-state index contributed by atoms with van der Waals surface area (Å²) >= 11 is 0. The molecule has 0 aromatic carbocycles. The quantitative estimate of drug-likeness (QED) is 0.641. The van der Waals surface area contributed by atoms with Crippen LogP contribution in [0.25, 0.3) is 0 Å². The molecule has 0 unspecified atom stereocenters. The molecule has 0 aliphatic carbocycles. The molecule has 4 nitrogen and oxygen atoms in total. The van der Waals surface area contributed by atoms with E-state index in [1.54, 1.807) is 7.11 Å². The van der Waals surface area contributed by atoms with Gasteiger partial charge in [-0.3, -0.25) is 4.79 Å². The van der Waals surface area contributed by atoms with Crippen molar-refractivity contribution in [3.8, 4) is 0 Å². The number of carbonyl (C=O) groups excluding carboxylic acids is 1. The molecular formula is C11H25ClN2O2. The van der Waals surface area contributed by atoms with Crippen molar-refractivity contribution in [2.45, 2.75) is 39.2 Å². The second kappa shape index (κ2) is 11.2. The lowest BCUT2D eigenvalue weighted by Gasteiger charge is -2.13. The van der Waals surface area contributed by atoms with Gasteiger partial charge in [-0.15, -0.1) is 12.4 Å². The van der Waals surface area contributed by atoms with Crippen LogP contribution in [0.2, 0.25) is 0 Å². The summed E-state index contributed by atoms with van der Waals surface area (Å²) in [5, 5.41) is 2.83. The zero-order valence-corrected chi connectivity index (χ0v) is 11.3. The fourth-order valence-corrected chi connectivity index (χ4v) is 1.33. The van der Waals surface area contributed by atoms with Gasteiger partial charge in [0, 0.05) is 20.3 Å². The predicted molar refractivity (Wildman–Crippen MR) is 68.8 cm³/mol. The zero-order valence-electron chi connectivity index (χ0n) is 10.5. The van der Waals surface area contributed by atoms with Gasteiger partial charge in [0.25, 0.3) is 0 Å². The summed E-state index contributed by atoms with van der Waals surface area (Å²) in [5.74, 6) is 0.417. The molecule has 0 saturated carbocycles. The Morgan fingerprint density at radius 2 is 2.00 bits per heavy atom. The first-order chi connectivity index (χ1) is 7.07. The molecule has 0 aliphatic rings. The molecule has 0 radical (unpaired) electrons. The van der Waals surface area contributed by atoms with Crippen molar-refractivity contribution < 1.29 is 9.53 Å². The maximum absolute atomic E-state index is 11.4. The Labute approximate surface area is 105 Å². The number of hydrogen-bond acceptors (Lipinski definition) is 3. The third-order valence-electron chi connectivity index (χ3n) is 2.14. The summed E-state index contributed by atoms with van der Waals surface area (Å²) in [6, 6.07) is -0.368. The topological polar surface area (TPSA) is 64.3 Å². The third-order valence-corrected chi connectivity index (χ3v) is 2.14. The molecule has 0 bridgehead atoms. The van der Waals surface area contributed by atoms with Gasteiger partial charge in [-0.25, -0.2) is 0 Å². The van der Waals surface area contributed by atoms with Crippen LogP contribution in [0.4, 0.5) is 0 Å². The monoisotopic (exact) mass is 252 g/mol. The van der Waals surface area contributed by atoms with Gasteiger partial charge < -0.3 is 15.8 Å². The van der Waals surface area contributed by atoms with E-state index in [0.29, 0.717) is 12.5 Å². The van der Waals surface area contributed by atoms with E-state index in [1.165, 1.54) is 0 Å². The van der Waals surface area contributed by atoms with E-state index in [4.69, 9.17) is 10.5 Å². The minimum absolute atomic E-state index is 0. The van der Waals surface area contributed by atoms with Gasteiger partial charge in [0.2, 0.25) is 5.91 Å². The molecule has 0 spiro atoms. The number of carbonyl (C=O) groups is 1. The lowest BCUT2D eigenvalue weighted by Crippen LogP contribution is -2.41. The predicted octanol–water partition coefficient (Wildman–Crippen LogP) is 1.32. The maximum atomic E-state index is 11.4. The van der Waals surface area contributed by atoms with Crippen LogP contribution in [0.15, 0.2) is 0 Å². The highest BCUT2D eigenvalue weighted by Crippen LogP contribution is 2.02. The molecule has 98 valence electrons. The number of unbranched alkanes of at least 4 members (excludes halogenated alkanes) is 1. The normalized spacial score (nSPS) is 12.1. The van der Waals surface area contributed by atoms with Crippen LogP contribution in [-0.4, -0.2) is 32.2 Å². The van der Waals surface area contributed by atoms with Crippen molar-refractivity contribution in [3.63, 3.8) is 0 Å². The first-order valence-electron chi connectivity index (χ1n) is 5.60. The van der Waals surface area contributed by atoms with E-state index in [-0.39, 0.29) is 24.4 Å². The first kappa shape index (κ1) is 18.1. The average molecular weight is 253 g/mol. The Morgan fingerprint density at radius 3 is 2.50 bits per heavy atom. The SMILES string of the molecule is COCCCCNC(=O)[C@@H](N)CC(C)C.Cl. The fraction of sp³-hybridized carbons (Fsp3) is 0.909. The molecule has 0 aromatic rings. The number of halogens is 1. The molecular weight excluding hydrogens is 228 g/mol. The highest BCUT2D eigenvalue weighted by Gasteiger charge is 2.13. The zero-order chi connectivity index (χ0) is 11.7. The van der Waals surface area contributed by atoms with E-state index in [0.717, 1.165) is 25.9 Å². The van der Waals surface area contributed by atoms with Crippen molar-refractivity contribution in [1.29, 1.82) is 0 Å². The highest BCUT2D eigenvalue weighted by atomic mass is 35.5. The number of rotatable bonds is 8. The molecule has 5 heteroatoms. The molecule has 3 N–H and O–H groups in total.